The van der Waals surface area contributed by atoms with Gasteiger partial charge in [-0.3, -0.25) is 14.6 Å². The van der Waals surface area contributed by atoms with Gasteiger partial charge in [-0.15, -0.1) is 0 Å². The van der Waals surface area contributed by atoms with Crippen molar-refractivity contribution in [2.24, 2.45) is 5.92 Å². The van der Waals surface area contributed by atoms with Crippen molar-refractivity contribution in [3.05, 3.63) is 83.2 Å². The number of carbonyl (C=O) groups is 2. The van der Waals surface area contributed by atoms with Gasteiger partial charge in [0.2, 0.25) is 0 Å². The molecule has 1 aliphatic heterocycles. The molecule has 0 aliphatic carbocycles. The van der Waals surface area contributed by atoms with Gasteiger partial charge in [0.1, 0.15) is 11.7 Å². The van der Waals surface area contributed by atoms with Gasteiger partial charge in [0.25, 0.3) is 16.1 Å². The summed E-state index contributed by atoms with van der Waals surface area (Å²) in [5.41, 5.74) is 3.43. The van der Waals surface area contributed by atoms with Gasteiger partial charge in [-0.1, -0.05) is 31.8 Å². The van der Waals surface area contributed by atoms with E-state index in [9.17, 15) is 23.1 Å². The molecule has 0 saturated carbocycles. The first-order valence-corrected chi connectivity index (χ1v) is 15.8. The Hall–Kier alpha value is -4.64. The lowest BCUT2D eigenvalue weighted by Gasteiger charge is -2.36. The fraction of sp³-hybridized carbons (Fsp3) is 0.344. The minimum Gasteiger partial charge on any atom is -0.493 e. The summed E-state index contributed by atoms with van der Waals surface area (Å²) >= 11 is 0. The number of aliphatic carboxylic acids is 1. The van der Waals surface area contributed by atoms with Gasteiger partial charge >= 0.3 is 5.97 Å². The zero-order chi connectivity index (χ0) is 32.6. The van der Waals surface area contributed by atoms with Crippen molar-refractivity contribution in [2.45, 2.75) is 26.4 Å². The number of methoxy groups -OCH3 is 2. The number of benzene rings is 2. The van der Waals surface area contributed by atoms with E-state index < -0.39 is 22.2 Å². The molecule has 4 rings (SSSR count). The Morgan fingerprint density at radius 2 is 1.60 bits per heavy atom. The highest BCUT2D eigenvalue weighted by Crippen LogP contribution is 2.27. The van der Waals surface area contributed by atoms with E-state index in [0.29, 0.717) is 30.2 Å². The molecule has 238 valence electrons. The molecule has 13 heteroatoms. The van der Waals surface area contributed by atoms with Crippen LogP contribution in [0.3, 0.4) is 0 Å². The van der Waals surface area contributed by atoms with Crippen LogP contribution in [0.2, 0.25) is 0 Å². The third kappa shape index (κ3) is 8.72. The number of nitrogens with one attached hydrogen (secondary N) is 2. The Morgan fingerprint density at radius 3 is 2.22 bits per heavy atom. The molecular weight excluding hydrogens is 598 g/mol. The Labute approximate surface area is 263 Å². The molecule has 1 amide bonds. The Kier molecular flexibility index (Phi) is 11.0. The number of hydrogen-bond donors (Lipinski definition) is 3. The highest BCUT2D eigenvalue weighted by atomic mass is 32.2. The van der Waals surface area contributed by atoms with E-state index >= 15 is 0 Å². The van der Waals surface area contributed by atoms with Gasteiger partial charge in [0.05, 0.1) is 14.2 Å². The van der Waals surface area contributed by atoms with Gasteiger partial charge < -0.3 is 24.8 Å². The molecule has 0 bridgehead atoms. The number of anilines is 1. The number of hydrogen-bond acceptors (Lipinski definition) is 8. The summed E-state index contributed by atoms with van der Waals surface area (Å²) in [5, 5.41) is 12.2. The normalized spacial score (nSPS) is 14.3. The lowest BCUT2D eigenvalue weighted by molar-refractivity contribution is -0.140. The van der Waals surface area contributed by atoms with Crippen LogP contribution in [-0.4, -0.2) is 81.1 Å². The zero-order valence-corrected chi connectivity index (χ0v) is 26.4. The summed E-state index contributed by atoms with van der Waals surface area (Å²) in [6, 6.07) is 15.2. The van der Waals surface area contributed by atoms with Crippen LogP contribution in [0.25, 0.3) is 0 Å². The first-order valence-electron chi connectivity index (χ1n) is 14.3. The lowest BCUT2D eigenvalue weighted by Crippen LogP contribution is -2.55. The van der Waals surface area contributed by atoms with E-state index in [0.717, 1.165) is 16.8 Å². The molecule has 2 aromatic carbocycles. The van der Waals surface area contributed by atoms with E-state index in [2.05, 4.69) is 31.8 Å². The van der Waals surface area contributed by atoms with E-state index in [1.807, 2.05) is 30.3 Å². The highest BCUT2D eigenvalue weighted by molar-refractivity contribution is 7.87. The minimum atomic E-state index is -3.93. The number of amides is 1. The Balaban J connectivity index is 1.32. The van der Waals surface area contributed by atoms with Crippen LogP contribution in [0.1, 0.15) is 41.0 Å². The van der Waals surface area contributed by atoms with Crippen LogP contribution >= 0.6 is 0 Å². The SMILES string of the molecule is COc1ccc(CNC(=O)c2cc(C#Cc3ccc(N4CCN(S(=O)(=O)N[C@@H](C(=O)O)C(C)C)CC4)cc3)ccn2)cc1OC. The number of rotatable bonds is 11. The van der Waals surface area contributed by atoms with Crippen molar-refractivity contribution in [2.75, 3.05) is 45.3 Å². The molecule has 0 unspecified atom stereocenters. The monoisotopic (exact) mass is 635 g/mol. The number of carboxylic acid groups (broad SMARTS) is 1. The van der Waals surface area contributed by atoms with Crippen LogP contribution in [-0.2, 0) is 21.5 Å². The summed E-state index contributed by atoms with van der Waals surface area (Å²) in [7, 11) is -0.814. The van der Waals surface area contributed by atoms with Crippen molar-refractivity contribution in [1.29, 1.82) is 0 Å². The van der Waals surface area contributed by atoms with Crippen molar-refractivity contribution in [1.82, 2.24) is 19.3 Å². The van der Waals surface area contributed by atoms with E-state index in [-0.39, 0.29) is 37.2 Å². The smallest absolute Gasteiger partial charge is 0.322 e. The summed E-state index contributed by atoms with van der Waals surface area (Å²) in [5.74, 6) is 5.44. The fourth-order valence-electron chi connectivity index (χ4n) is 4.69. The van der Waals surface area contributed by atoms with Gasteiger partial charge in [0.15, 0.2) is 11.5 Å². The number of aromatic nitrogens is 1. The minimum absolute atomic E-state index is 0.230. The predicted molar refractivity (Wildman–Crippen MR) is 169 cm³/mol. The van der Waals surface area contributed by atoms with Gasteiger partial charge in [-0.05, 0) is 60.0 Å². The number of piperazine rings is 1. The first-order chi connectivity index (χ1) is 21.5. The molecule has 3 N–H and O–H groups in total. The molecule has 45 heavy (non-hydrogen) atoms. The zero-order valence-electron chi connectivity index (χ0n) is 25.6. The van der Waals surface area contributed by atoms with Crippen LogP contribution in [0.5, 0.6) is 11.5 Å². The molecule has 1 atom stereocenters. The number of carboxylic acids is 1. The number of nitrogens with zero attached hydrogens (tertiary/aromatic N) is 3. The third-order valence-electron chi connectivity index (χ3n) is 7.26. The summed E-state index contributed by atoms with van der Waals surface area (Å²) in [4.78, 5) is 30.4. The van der Waals surface area contributed by atoms with Crippen molar-refractivity contribution >= 4 is 27.8 Å². The summed E-state index contributed by atoms with van der Waals surface area (Å²) in [6.07, 6.45) is 1.54. The second kappa shape index (κ2) is 14.9. The third-order valence-corrected chi connectivity index (χ3v) is 8.86. The Morgan fingerprint density at radius 1 is 0.933 bits per heavy atom. The second-order valence-electron chi connectivity index (χ2n) is 10.7. The quantitative estimate of drug-likeness (QED) is 0.270. The van der Waals surface area contributed by atoms with Crippen LogP contribution in [0.15, 0.2) is 60.8 Å². The molecule has 1 fully saturated rings. The molecule has 3 aromatic rings. The molecule has 0 spiro atoms. The Bertz CT molecular complexity index is 1680. The maximum Gasteiger partial charge on any atom is 0.322 e. The van der Waals surface area contributed by atoms with E-state index in [1.54, 1.807) is 58.5 Å². The van der Waals surface area contributed by atoms with Crippen molar-refractivity contribution in [3.63, 3.8) is 0 Å². The van der Waals surface area contributed by atoms with Gasteiger partial charge in [0, 0.05) is 55.7 Å². The van der Waals surface area contributed by atoms with Crippen molar-refractivity contribution < 1.29 is 32.6 Å². The average molecular weight is 636 g/mol. The van der Waals surface area contributed by atoms with Crippen molar-refractivity contribution in [3.8, 4) is 23.3 Å². The largest absolute Gasteiger partial charge is 0.493 e. The molecule has 2 heterocycles. The number of ether oxygens (including phenoxy) is 2. The maximum atomic E-state index is 12.8. The maximum absolute atomic E-state index is 12.8. The predicted octanol–water partition coefficient (Wildman–Crippen LogP) is 2.49. The molecule has 12 nitrogen and oxygen atoms in total. The van der Waals surface area contributed by atoms with Crippen LogP contribution in [0, 0.1) is 17.8 Å². The summed E-state index contributed by atoms with van der Waals surface area (Å²) in [6.45, 7) is 4.98. The first kappa shape index (κ1) is 33.3. The van der Waals surface area contributed by atoms with E-state index in [1.165, 1.54) is 4.31 Å². The lowest BCUT2D eigenvalue weighted by atomic mass is 10.1. The van der Waals surface area contributed by atoms with Crippen LogP contribution in [0.4, 0.5) is 5.69 Å². The standard InChI is InChI=1S/C32H37N5O7S/c1-22(2)30(32(39)40)35-45(41,42)37-17-15-36(16-18-37)26-10-7-23(8-11-26)5-6-24-13-14-33-27(19-24)31(38)34-21-25-9-12-28(43-3)29(20-25)44-4/h7-14,19-20,22,30,35H,15-18,21H2,1-4H3,(H,34,38)(H,39,40)/t30-/m1/s1. The molecule has 1 saturated heterocycles. The van der Waals surface area contributed by atoms with E-state index in [4.69, 9.17) is 9.47 Å². The molecule has 1 aromatic heterocycles. The average Bonchev–Trinajstić information content (AvgIpc) is 3.05. The topological polar surface area (TPSA) is 150 Å². The molecule has 1 aliphatic rings. The second-order valence-corrected chi connectivity index (χ2v) is 12.4. The fourth-order valence-corrected chi connectivity index (χ4v) is 6.18. The summed E-state index contributed by atoms with van der Waals surface area (Å²) < 4.78 is 39.7. The molecular formula is C32H37N5O7S. The van der Waals surface area contributed by atoms with Crippen LogP contribution < -0.4 is 24.4 Å². The van der Waals surface area contributed by atoms with Gasteiger partial charge in [-0.2, -0.15) is 17.4 Å². The molecule has 0 radical (unpaired) electrons. The number of carbonyl (C=O) groups excluding carboxylic acids is 1. The number of pyridine rings is 1. The highest BCUT2D eigenvalue weighted by Gasteiger charge is 2.33. The van der Waals surface area contributed by atoms with Gasteiger partial charge in [-0.25, -0.2) is 0 Å².